The monoisotopic (exact) mass is 230 g/mol. The SMILES string of the molecule is CCn1c(C(C)C)nc(-c2cccnc2)c1N. The van der Waals surface area contributed by atoms with Crippen LogP contribution in [0, 0.1) is 0 Å². The lowest BCUT2D eigenvalue weighted by atomic mass is 10.2. The van der Waals surface area contributed by atoms with Gasteiger partial charge >= 0.3 is 0 Å². The van der Waals surface area contributed by atoms with Gasteiger partial charge in [0.15, 0.2) is 0 Å². The fraction of sp³-hybridized carbons (Fsp3) is 0.385. The largest absolute Gasteiger partial charge is 0.383 e. The molecule has 0 saturated heterocycles. The number of nitrogen functional groups attached to an aromatic ring is 1. The van der Waals surface area contributed by atoms with Crippen LogP contribution in [0.5, 0.6) is 0 Å². The molecular formula is C13H18N4. The fourth-order valence-electron chi connectivity index (χ4n) is 1.97. The first-order valence-electron chi connectivity index (χ1n) is 5.91. The molecule has 2 aromatic heterocycles. The third kappa shape index (κ3) is 2.02. The number of aromatic nitrogens is 3. The molecule has 0 amide bonds. The quantitative estimate of drug-likeness (QED) is 0.882. The van der Waals surface area contributed by atoms with Gasteiger partial charge in [-0.25, -0.2) is 4.98 Å². The summed E-state index contributed by atoms with van der Waals surface area (Å²) in [4.78, 5) is 8.76. The zero-order valence-corrected chi connectivity index (χ0v) is 10.5. The molecule has 17 heavy (non-hydrogen) atoms. The standard InChI is InChI=1S/C13H18N4/c1-4-17-12(14)11(16-13(17)9(2)3)10-6-5-7-15-8-10/h5-9H,4,14H2,1-3H3. The first kappa shape index (κ1) is 11.6. The summed E-state index contributed by atoms with van der Waals surface area (Å²) in [6, 6.07) is 3.88. The topological polar surface area (TPSA) is 56.7 Å². The Morgan fingerprint density at radius 2 is 2.18 bits per heavy atom. The Morgan fingerprint density at radius 1 is 1.41 bits per heavy atom. The van der Waals surface area contributed by atoms with Crippen LogP contribution in [0.2, 0.25) is 0 Å². The third-order valence-corrected chi connectivity index (χ3v) is 2.80. The van der Waals surface area contributed by atoms with Crippen molar-refractivity contribution < 1.29 is 0 Å². The lowest BCUT2D eigenvalue weighted by Crippen LogP contribution is -2.06. The van der Waals surface area contributed by atoms with Crippen molar-refractivity contribution in [3.8, 4) is 11.3 Å². The maximum atomic E-state index is 6.16. The highest BCUT2D eigenvalue weighted by Crippen LogP contribution is 2.28. The van der Waals surface area contributed by atoms with E-state index >= 15 is 0 Å². The average molecular weight is 230 g/mol. The summed E-state index contributed by atoms with van der Waals surface area (Å²) >= 11 is 0. The van der Waals surface area contributed by atoms with Crippen molar-refractivity contribution >= 4 is 5.82 Å². The predicted octanol–water partition coefficient (Wildman–Crippen LogP) is 2.67. The highest BCUT2D eigenvalue weighted by atomic mass is 15.1. The summed E-state index contributed by atoms with van der Waals surface area (Å²) in [5.74, 6) is 2.12. The first-order valence-corrected chi connectivity index (χ1v) is 5.91. The van der Waals surface area contributed by atoms with E-state index in [0.29, 0.717) is 5.92 Å². The second-order valence-corrected chi connectivity index (χ2v) is 4.34. The number of nitrogens with two attached hydrogens (primary N) is 1. The van der Waals surface area contributed by atoms with E-state index < -0.39 is 0 Å². The number of hydrogen-bond donors (Lipinski definition) is 1. The maximum absolute atomic E-state index is 6.16. The number of imidazole rings is 1. The fourth-order valence-corrected chi connectivity index (χ4v) is 1.97. The number of rotatable bonds is 3. The molecule has 0 aromatic carbocycles. The second-order valence-electron chi connectivity index (χ2n) is 4.34. The van der Waals surface area contributed by atoms with Crippen LogP contribution in [-0.4, -0.2) is 14.5 Å². The molecule has 0 radical (unpaired) electrons. The van der Waals surface area contributed by atoms with Gasteiger partial charge in [0.1, 0.15) is 17.3 Å². The summed E-state index contributed by atoms with van der Waals surface area (Å²) < 4.78 is 2.06. The van der Waals surface area contributed by atoms with Crippen molar-refractivity contribution in [1.82, 2.24) is 14.5 Å². The molecular weight excluding hydrogens is 212 g/mol. The van der Waals surface area contributed by atoms with Crippen molar-refractivity contribution in [3.63, 3.8) is 0 Å². The van der Waals surface area contributed by atoms with Crippen LogP contribution >= 0.6 is 0 Å². The minimum absolute atomic E-state index is 0.364. The minimum Gasteiger partial charge on any atom is -0.383 e. The van der Waals surface area contributed by atoms with E-state index in [1.807, 2.05) is 12.1 Å². The van der Waals surface area contributed by atoms with Crippen molar-refractivity contribution in [3.05, 3.63) is 30.4 Å². The van der Waals surface area contributed by atoms with E-state index in [-0.39, 0.29) is 0 Å². The van der Waals surface area contributed by atoms with Crippen LogP contribution in [0.3, 0.4) is 0 Å². The van der Waals surface area contributed by atoms with Gasteiger partial charge in [-0.2, -0.15) is 0 Å². The van der Waals surface area contributed by atoms with Crippen LogP contribution < -0.4 is 5.73 Å². The van der Waals surface area contributed by atoms with Gasteiger partial charge < -0.3 is 10.3 Å². The smallest absolute Gasteiger partial charge is 0.131 e. The highest BCUT2D eigenvalue weighted by molar-refractivity contribution is 5.70. The molecule has 0 spiro atoms. The van der Waals surface area contributed by atoms with Crippen LogP contribution in [0.15, 0.2) is 24.5 Å². The van der Waals surface area contributed by atoms with Gasteiger partial charge in [-0.05, 0) is 19.1 Å². The van der Waals surface area contributed by atoms with Crippen LogP contribution in [0.25, 0.3) is 11.3 Å². The summed E-state index contributed by atoms with van der Waals surface area (Å²) in [6.07, 6.45) is 3.54. The lowest BCUT2D eigenvalue weighted by molar-refractivity contribution is 0.658. The Balaban J connectivity index is 2.57. The van der Waals surface area contributed by atoms with E-state index in [4.69, 9.17) is 5.73 Å². The highest BCUT2D eigenvalue weighted by Gasteiger charge is 2.17. The van der Waals surface area contributed by atoms with E-state index in [2.05, 4.69) is 35.3 Å². The number of hydrogen-bond acceptors (Lipinski definition) is 3. The molecule has 2 rings (SSSR count). The van der Waals surface area contributed by atoms with Crippen LogP contribution in [-0.2, 0) is 6.54 Å². The van der Waals surface area contributed by atoms with Gasteiger partial charge in [0, 0.05) is 30.4 Å². The van der Waals surface area contributed by atoms with Gasteiger partial charge in [-0.15, -0.1) is 0 Å². The van der Waals surface area contributed by atoms with Crippen molar-refractivity contribution in [1.29, 1.82) is 0 Å². The molecule has 0 aliphatic heterocycles. The van der Waals surface area contributed by atoms with Crippen LogP contribution in [0.4, 0.5) is 5.82 Å². The van der Waals surface area contributed by atoms with Gasteiger partial charge in [-0.3, -0.25) is 4.98 Å². The number of pyridine rings is 1. The molecule has 4 heteroatoms. The van der Waals surface area contributed by atoms with E-state index in [1.54, 1.807) is 12.4 Å². The Hall–Kier alpha value is -1.84. The van der Waals surface area contributed by atoms with Crippen molar-refractivity contribution in [2.75, 3.05) is 5.73 Å². The van der Waals surface area contributed by atoms with Gasteiger partial charge in [0.2, 0.25) is 0 Å². The van der Waals surface area contributed by atoms with Crippen LogP contribution in [0.1, 0.15) is 32.5 Å². The summed E-state index contributed by atoms with van der Waals surface area (Å²) in [5.41, 5.74) is 7.97. The molecule has 0 saturated carbocycles. The average Bonchev–Trinajstić information content (AvgIpc) is 2.67. The second kappa shape index (κ2) is 4.57. The molecule has 2 aromatic rings. The molecule has 4 nitrogen and oxygen atoms in total. The summed E-state index contributed by atoms with van der Waals surface area (Å²) in [6.45, 7) is 7.17. The van der Waals surface area contributed by atoms with Gasteiger partial charge in [0.05, 0.1) is 0 Å². The van der Waals surface area contributed by atoms with Crippen molar-refractivity contribution in [2.45, 2.75) is 33.2 Å². The first-order chi connectivity index (χ1) is 8.15. The number of anilines is 1. The minimum atomic E-state index is 0.364. The third-order valence-electron chi connectivity index (χ3n) is 2.80. The molecule has 2 N–H and O–H groups in total. The summed E-state index contributed by atoms with van der Waals surface area (Å²) in [7, 11) is 0. The van der Waals surface area contributed by atoms with Gasteiger partial charge in [-0.1, -0.05) is 13.8 Å². The Kier molecular flexibility index (Phi) is 3.13. The molecule has 0 unspecified atom stereocenters. The molecule has 0 fully saturated rings. The molecule has 0 atom stereocenters. The van der Waals surface area contributed by atoms with E-state index in [9.17, 15) is 0 Å². The maximum Gasteiger partial charge on any atom is 0.131 e. The summed E-state index contributed by atoms with van der Waals surface area (Å²) in [5, 5.41) is 0. The normalized spacial score (nSPS) is 11.1. The molecule has 0 aliphatic rings. The number of nitrogens with zero attached hydrogens (tertiary/aromatic N) is 3. The predicted molar refractivity (Wildman–Crippen MR) is 69.6 cm³/mol. The molecule has 0 aliphatic carbocycles. The van der Waals surface area contributed by atoms with E-state index in [0.717, 1.165) is 29.4 Å². The molecule has 2 heterocycles. The van der Waals surface area contributed by atoms with Crippen molar-refractivity contribution in [2.24, 2.45) is 0 Å². The zero-order valence-electron chi connectivity index (χ0n) is 10.5. The van der Waals surface area contributed by atoms with Gasteiger partial charge in [0.25, 0.3) is 0 Å². The Morgan fingerprint density at radius 3 is 2.65 bits per heavy atom. The molecule has 90 valence electrons. The zero-order chi connectivity index (χ0) is 12.4. The molecule has 0 bridgehead atoms. The Labute approximate surface area is 102 Å². The Bertz CT molecular complexity index is 500. The lowest BCUT2D eigenvalue weighted by Gasteiger charge is -2.08. The van der Waals surface area contributed by atoms with E-state index in [1.165, 1.54) is 0 Å².